The van der Waals surface area contributed by atoms with Crippen molar-refractivity contribution < 1.29 is 9.47 Å². The molecule has 1 aromatic heterocycles. The molecule has 3 aliphatic heterocycles. The van der Waals surface area contributed by atoms with E-state index in [1.807, 2.05) is 25.1 Å². The molecule has 0 spiro atoms. The van der Waals surface area contributed by atoms with Crippen molar-refractivity contribution in [3.05, 3.63) is 35.5 Å². The van der Waals surface area contributed by atoms with E-state index in [1.54, 1.807) is 0 Å². The number of nitrogens with zero attached hydrogens (tertiary/aromatic N) is 4. The third-order valence-corrected chi connectivity index (χ3v) is 5.49. The molecule has 4 heterocycles. The van der Waals surface area contributed by atoms with E-state index in [0.29, 0.717) is 18.5 Å². The van der Waals surface area contributed by atoms with Crippen molar-refractivity contribution >= 4 is 17.3 Å². The number of nitrogens with one attached hydrogen (secondary N) is 1. The summed E-state index contributed by atoms with van der Waals surface area (Å²) in [7, 11) is 0. The molecule has 0 saturated carbocycles. The molecular weight excluding hydrogens is 330 g/mol. The van der Waals surface area contributed by atoms with E-state index in [4.69, 9.17) is 20.0 Å². The second-order valence-corrected chi connectivity index (χ2v) is 7.11. The van der Waals surface area contributed by atoms with Crippen LogP contribution in [-0.2, 0) is 17.7 Å². The number of amidine groups is 1. The van der Waals surface area contributed by atoms with Crippen molar-refractivity contribution in [2.45, 2.75) is 25.9 Å². The minimum atomic E-state index is 0.335. The van der Waals surface area contributed by atoms with Gasteiger partial charge in [-0.05, 0) is 19.1 Å². The van der Waals surface area contributed by atoms with Crippen LogP contribution in [0.1, 0.15) is 24.2 Å². The van der Waals surface area contributed by atoms with Crippen LogP contribution in [0.3, 0.4) is 0 Å². The molecular formula is C19H23N5O2. The molecule has 1 saturated heterocycles. The Hall–Kier alpha value is -2.54. The number of hydrogen-bond donors (Lipinski definition) is 1. The average Bonchev–Trinajstić information content (AvgIpc) is 2.98. The lowest BCUT2D eigenvalue weighted by molar-refractivity contribution is -0.0300. The maximum Gasteiger partial charge on any atom is 0.160 e. The summed E-state index contributed by atoms with van der Waals surface area (Å²) in [6, 6.07) is 8.48. The van der Waals surface area contributed by atoms with Crippen LogP contribution in [0, 0.1) is 5.41 Å². The molecule has 26 heavy (non-hydrogen) atoms. The van der Waals surface area contributed by atoms with Gasteiger partial charge in [-0.2, -0.15) is 5.10 Å². The van der Waals surface area contributed by atoms with Gasteiger partial charge in [-0.3, -0.25) is 10.1 Å². The maximum absolute atomic E-state index is 8.05. The summed E-state index contributed by atoms with van der Waals surface area (Å²) in [5.74, 6) is 2.53. The summed E-state index contributed by atoms with van der Waals surface area (Å²) >= 11 is 0. The van der Waals surface area contributed by atoms with Gasteiger partial charge in [-0.1, -0.05) is 12.1 Å². The first-order valence-corrected chi connectivity index (χ1v) is 9.20. The van der Waals surface area contributed by atoms with Crippen molar-refractivity contribution in [3.8, 4) is 5.75 Å². The zero-order valence-corrected chi connectivity index (χ0v) is 14.9. The molecule has 0 atom stereocenters. The number of para-hydroxylation sites is 2. The Morgan fingerprint density at radius 1 is 1.23 bits per heavy atom. The monoisotopic (exact) mass is 353 g/mol. The number of fused-ring (bicyclic) bond motifs is 2. The van der Waals surface area contributed by atoms with Gasteiger partial charge in [-0.15, -0.1) is 0 Å². The van der Waals surface area contributed by atoms with Gasteiger partial charge < -0.3 is 19.3 Å². The molecule has 0 radical (unpaired) electrons. The maximum atomic E-state index is 8.05. The molecule has 136 valence electrons. The topological polar surface area (TPSA) is 66.6 Å². The van der Waals surface area contributed by atoms with Crippen LogP contribution < -0.4 is 9.64 Å². The van der Waals surface area contributed by atoms with Crippen LogP contribution in [0.15, 0.2) is 24.3 Å². The Morgan fingerprint density at radius 3 is 2.85 bits per heavy atom. The van der Waals surface area contributed by atoms with E-state index < -0.39 is 0 Å². The lowest BCUT2D eigenvalue weighted by Gasteiger charge is -2.33. The molecule has 2 aromatic rings. The minimum Gasteiger partial charge on any atom is -0.490 e. The molecule has 1 aromatic carbocycles. The van der Waals surface area contributed by atoms with Crippen LogP contribution in [0.5, 0.6) is 5.75 Å². The fraction of sp³-hybridized carbons (Fsp3) is 0.474. The molecule has 5 rings (SSSR count). The summed E-state index contributed by atoms with van der Waals surface area (Å²) in [5, 5.41) is 13.1. The van der Waals surface area contributed by atoms with E-state index in [0.717, 1.165) is 56.5 Å². The van der Waals surface area contributed by atoms with Crippen molar-refractivity contribution in [1.29, 1.82) is 5.41 Å². The Balaban J connectivity index is 1.61. The summed E-state index contributed by atoms with van der Waals surface area (Å²) in [5.41, 5.74) is 3.61. The summed E-state index contributed by atoms with van der Waals surface area (Å²) in [6.45, 7) is 6.39. The van der Waals surface area contributed by atoms with Gasteiger partial charge in [0.15, 0.2) is 5.82 Å². The zero-order chi connectivity index (χ0) is 17.7. The quantitative estimate of drug-likeness (QED) is 0.663. The van der Waals surface area contributed by atoms with Gasteiger partial charge in [0.2, 0.25) is 0 Å². The number of anilines is 2. The highest BCUT2D eigenvalue weighted by Gasteiger charge is 2.34. The smallest absolute Gasteiger partial charge is 0.160 e. The SMILES string of the molecule is CC(=N)N1CCc2c(c(N3CCOc4ccccc43)nn2C2COC2)C1. The minimum absolute atomic E-state index is 0.335. The largest absolute Gasteiger partial charge is 0.490 e. The molecule has 7 nitrogen and oxygen atoms in total. The van der Waals surface area contributed by atoms with Gasteiger partial charge >= 0.3 is 0 Å². The second kappa shape index (κ2) is 6.02. The lowest BCUT2D eigenvalue weighted by Crippen LogP contribution is -2.37. The third-order valence-electron chi connectivity index (χ3n) is 5.49. The number of aromatic nitrogens is 2. The second-order valence-electron chi connectivity index (χ2n) is 7.11. The van der Waals surface area contributed by atoms with Crippen molar-refractivity contribution in [3.63, 3.8) is 0 Å². The van der Waals surface area contributed by atoms with E-state index in [-0.39, 0.29) is 0 Å². The van der Waals surface area contributed by atoms with Gasteiger partial charge in [-0.25, -0.2) is 0 Å². The molecule has 3 aliphatic rings. The third kappa shape index (κ3) is 2.38. The number of ether oxygens (including phenoxy) is 2. The molecule has 0 bridgehead atoms. The van der Waals surface area contributed by atoms with Gasteiger partial charge in [0.25, 0.3) is 0 Å². The number of rotatable bonds is 2. The molecule has 1 N–H and O–H groups in total. The molecule has 7 heteroatoms. The van der Waals surface area contributed by atoms with Crippen molar-refractivity contribution in [2.24, 2.45) is 0 Å². The Bertz CT molecular complexity index is 858. The van der Waals surface area contributed by atoms with Crippen LogP contribution in [-0.4, -0.2) is 53.4 Å². The Morgan fingerprint density at radius 2 is 2.08 bits per heavy atom. The van der Waals surface area contributed by atoms with Crippen LogP contribution in [0.2, 0.25) is 0 Å². The first-order valence-electron chi connectivity index (χ1n) is 9.20. The van der Waals surface area contributed by atoms with E-state index in [9.17, 15) is 0 Å². The van der Waals surface area contributed by atoms with Crippen LogP contribution >= 0.6 is 0 Å². The van der Waals surface area contributed by atoms with E-state index in [1.165, 1.54) is 11.3 Å². The predicted molar refractivity (Wildman–Crippen MR) is 98.5 cm³/mol. The highest BCUT2D eigenvalue weighted by molar-refractivity contribution is 5.77. The van der Waals surface area contributed by atoms with Crippen molar-refractivity contribution in [2.75, 3.05) is 37.8 Å². The Labute approximate surface area is 152 Å². The van der Waals surface area contributed by atoms with Gasteiger partial charge in [0.05, 0.1) is 37.3 Å². The fourth-order valence-corrected chi connectivity index (χ4v) is 3.99. The van der Waals surface area contributed by atoms with Gasteiger partial charge in [0.1, 0.15) is 12.4 Å². The summed E-state index contributed by atoms with van der Waals surface area (Å²) in [4.78, 5) is 4.40. The van der Waals surface area contributed by atoms with Crippen LogP contribution in [0.25, 0.3) is 0 Å². The standard InChI is InChI=1S/C19H23N5O2/c1-13(20)22-7-6-16-15(10-22)19(21-24(16)14-11-25-12-14)23-8-9-26-18-5-3-2-4-17(18)23/h2-5,14,20H,6-12H2,1H3. The Kier molecular flexibility index (Phi) is 3.63. The summed E-state index contributed by atoms with van der Waals surface area (Å²) in [6.07, 6.45) is 0.918. The van der Waals surface area contributed by atoms with Gasteiger partial charge in [0, 0.05) is 30.8 Å². The lowest BCUT2D eigenvalue weighted by atomic mass is 10.1. The highest BCUT2D eigenvalue weighted by atomic mass is 16.5. The fourth-order valence-electron chi connectivity index (χ4n) is 3.99. The van der Waals surface area contributed by atoms with Crippen molar-refractivity contribution in [1.82, 2.24) is 14.7 Å². The summed E-state index contributed by atoms with van der Waals surface area (Å²) < 4.78 is 13.4. The first kappa shape index (κ1) is 15.7. The molecule has 0 aliphatic carbocycles. The van der Waals surface area contributed by atoms with Crippen LogP contribution in [0.4, 0.5) is 11.5 Å². The molecule has 0 unspecified atom stereocenters. The number of hydrogen-bond acceptors (Lipinski definition) is 5. The van der Waals surface area contributed by atoms with E-state index in [2.05, 4.69) is 20.5 Å². The highest BCUT2D eigenvalue weighted by Crippen LogP contribution is 2.40. The molecule has 0 amide bonds. The average molecular weight is 353 g/mol. The van der Waals surface area contributed by atoms with E-state index >= 15 is 0 Å². The normalized spacial score (nSPS) is 19.4. The number of benzene rings is 1. The zero-order valence-electron chi connectivity index (χ0n) is 14.9. The predicted octanol–water partition coefficient (Wildman–Crippen LogP) is 2.34. The first-order chi connectivity index (χ1) is 12.7. The molecule has 1 fully saturated rings.